The molecule has 1 aliphatic carbocycles. The van der Waals surface area contributed by atoms with Crippen LogP contribution in [0.25, 0.3) is 11.3 Å². The molecule has 1 aromatic heterocycles. The zero-order valence-corrected chi connectivity index (χ0v) is 19.1. The summed E-state index contributed by atoms with van der Waals surface area (Å²) < 4.78 is 5.58. The molecule has 0 bridgehead atoms. The Labute approximate surface area is 197 Å². The third kappa shape index (κ3) is 4.76. The monoisotopic (exact) mass is 458 g/mol. The minimum absolute atomic E-state index is 0.0316. The first kappa shape index (κ1) is 23.0. The van der Waals surface area contributed by atoms with Crippen molar-refractivity contribution >= 4 is 35.0 Å². The van der Waals surface area contributed by atoms with Crippen LogP contribution < -0.4 is 10.7 Å². The molecule has 0 unspecified atom stereocenters. The van der Waals surface area contributed by atoms with E-state index in [0.717, 1.165) is 19.3 Å². The third-order valence-electron chi connectivity index (χ3n) is 5.85. The van der Waals surface area contributed by atoms with E-state index in [1.807, 2.05) is 18.2 Å². The topological polar surface area (TPSA) is 128 Å². The van der Waals surface area contributed by atoms with Crippen molar-refractivity contribution in [3.05, 3.63) is 64.9 Å². The molecule has 0 radical (unpaired) electrons. The summed E-state index contributed by atoms with van der Waals surface area (Å²) in [6, 6.07) is 12.3. The second kappa shape index (κ2) is 9.74. The number of furan rings is 1. The number of carbonyl (C=O) groups is 2. The highest BCUT2D eigenvalue weighted by Crippen LogP contribution is 2.37. The van der Waals surface area contributed by atoms with Gasteiger partial charge in [0.15, 0.2) is 17.7 Å². The number of hydrogen-bond acceptors (Lipinski definition) is 7. The molecule has 1 heterocycles. The van der Waals surface area contributed by atoms with Gasteiger partial charge in [-0.2, -0.15) is 5.10 Å². The number of para-hydroxylation sites is 1. The van der Waals surface area contributed by atoms with Crippen LogP contribution in [0.2, 0.25) is 0 Å². The molecule has 174 valence electrons. The number of amides is 1. The number of carbonyl (C=O) groups excluding carboxylic acids is 2. The van der Waals surface area contributed by atoms with Crippen molar-refractivity contribution in [2.45, 2.75) is 39.5 Å². The number of hydrogen-bond donors (Lipinski definition) is 4. The maximum atomic E-state index is 12.9. The highest BCUT2D eigenvalue weighted by molar-refractivity contribution is 6.67. The molecule has 8 heteroatoms. The number of nitrogens with zero attached hydrogens (tertiary/aromatic N) is 1. The lowest BCUT2D eigenvalue weighted by molar-refractivity contribution is -0.110. The molecule has 2 aromatic carbocycles. The first-order chi connectivity index (χ1) is 16.4. The van der Waals surface area contributed by atoms with Gasteiger partial charge in [-0.25, -0.2) is 0 Å². The van der Waals surface area contributed by atoms with E-state index in [1.54, 1.807) is 31.2 Å². The number of phenols is 1. The lowest BCUT2D eigenvalue weighted by Crippen LogP contribution is -2.29. The minimum Gasteiger partial charge on any atom is -0.505 e. The van der Waals surface area contributed by atoms with E-state index < -0.39 is 5.91 Å². The van der Waals surface area contributed by atoms with Crippen LogP contribution in [0.3, 0.4) is 0 Å². The van der Waals surface area contributed by atoms with Crippen LogP contribution in [0.5, 0.6) is 5.75 Å². The second-order valence-electron chi connectivity index (χ2n) is 8.28. The molecule has 0 saturated carbocycles. The van der Waals surface area contributed by atoms with Crippen molar-refractivity contribution in [2.75, 3.05) is 10.7 Å². The summed E-state index contributed by atoms with van der Waals surface area (Å²) in [5, 5.41) is 25.6. The molecule has 34 heavy (non-hydrogen) atoms. The fraction of sp³-hybridized carbons (Fsp3) is 0.231. The van der Waals surface area contributed by atoms with Crippen LogP contribution >= 0.6 is 0 Å². The van der Waals surface area contributed by atoms with Gasteiger partial charge in [-0.3, -0.25) is 15.0 Å². The van der Waals surface area contributed by atoms with Crippen LogP contribution in [-0.4, -0.2) is 28.7 Å². The summed E-state index contributed by atoms with van der Waals surface area (Å²) >= 11 is 0. The molecular weight excluding hydrogens is 432 g/mol. The molecule has 0 fully saturated rings. The van der Waals surface area contributed by atoms with Gasteiger partial charge in [0.2, 0.25) is 0 Å². The number of nitrogens with one attached hydrogen (secondary N) is 3. The normalized spacial score (nSPS) is 13.2. The van der Waals surface area contributed by atoms with Crippen LogP contribution in [0, 0.1) is 12.3 Å². The van der Waals surface area contributed by atoms with Gasteiger partial charge in [-0.15, -0.1) is 0 Å². The molecular formula is C26H26N4O4. The average molecular weight is 459 g/mol. The highest BCUT2D eigenvalue weighted by Gasteiger charge is 2.18. The number of rotatable bonds is 7. The van der Waals surface area contributed by atoms with Gasteiger partial charge >= 0.3 is 0 Å². The van der Waals surface area contributed by atoms with Gasteiger partial charge in [-0.1, -0.05) is 12.1 Å². The zero-order chi connectivity index (χ0) is 24.2. The molecule has 4 N–H and O–H groups in total. The Morgan fingerprint density at radius 2 is 1.91 bits per heavy atom. The predicted octanol–water partition coefficient (Wildman–Crippen LogP) is 5.10. The summed E-state index contributed by atoms with van der Waals surface area (Å²) in [5.41, 5.74) is 6.72. The number of aromatic hydroxyl groups is 1. The summed E-state index contributed by atoms with van der Waals surface area (Å²) in [5.74, 6) is 0.0953. The van der Waals surface area contributed by atoms with Crippen molar-refractivity contribution < 1.29 is 19.1 Å². The van der Waals surface area contributed by atoms with Crippen molar-refractivity contribution in [3.8, 4) is 17.1 Å². The molecule has 4 rings (SSSR count). The number of phenolic OH excluding ortho intramolecular Hbond substituents is 1. The number of aryl methyl sites for hydroxylation is 3. The molecule has 1 aliphatic rings. The maximum absolute atomic E-state index is 12.9. The van der Waals surface area contributed by atoms with Gasteiger partial charge in [0.25, 0.3) is 5.91 Å². The lowest BCUT2D eigenvalue weighted by atomic mass is 9.91. The van der Waals surface area contributed by atoms with Gasteiger partial charge in [0.1, 0.15) is 11.5 Å². The van der Waals surface area contributed by atoms with E-state index in [1.165, 1.54) is 24.5 Å². The van der Waals surface area contributed by atoms with Crippen LogP contribution in [-0.2, 0) is 17.6 Å². The van der Waals surface area contributed by atoms with E-state index in [0.29, 0.717) is 34.6 Å². The molecule has 8 nitrogen and oxygen atoms in total. The fourth-order valence-corrected chi connectivity index (χ4v) is 4.00. The molecule has 1 amide bonds. The van der Waals surface area contributed by atoms with Gasteiger partial charge in [-0.05, 0) is 81.0 Å². The van der Waals surface area contributed by atoms with E-state index in [4.69, 9.17) is 9.83 Å². The highest BCUT2D eigenvalue weighted by atomic mass is 16.3. The number of fused-ring (bicyclic) bond motifs is 1. The first-order valence-electron chi connectivity index (χ1n) is 11.1. The van der Waals surface area contributed by atoms with Crippen molar-refractivity contribution in [3.63, 3.8) is 0 Å². The Kier molecular flexibility index (Phi) is 6.58. The molecule has 0 aliphatic heterocycles. The second-order valence-corrected chi connectivity index (χ2v) is 8.28. The van der Waals surface area contributed by atoms with Crippen molar-refractivity contribution in [1.29, 1.82) is 5.41 Å². The van der Waals surface area contributed by atoms with Gasteiger partial charge < -0.3 is 20.2 Å². The predicted molar refractivity (Wildman–Crippen MR) is 132 cm³/mol. The quantitative estimate of drug-likeness (QED) is 0.170. The Bertz CT molecular complexity index is 1310. The standard InChI is InChI=1S/C26H26N4O4/c1-15(27)24(26(33)28-20-11-10-17-6-3-4-7-18(17)12-20)30-29-22-9-5-8-21(25(22)32)23-13-19(14-31)16(2)34-23/h5,8-14,27,29,32H,3-4,6-7H2,1-2H3,(H,28,33)/b27-15?,30-24-. The Hall–Kier alpha value is -4.20. The van der Waals surface area contributed by atoms with E-state index in [-0.39, 0.29) is 22.9 Å². The number of aldehydes is 1. The van der Waals surface area contributed by atoms with Gasteiger partial charge in [0, 0.05) is 5.69 Å². The summed E-state index contributed by atoms with van der Waals surface area (Å²) in [6.45, 7) is 3.13. The maximum Gasteiger partial charge on any atom is 0.277 e. The minimum atomic E-state index is -0.524. The van der Waals surface area contributed by atoms with Crippen LogP contribution in [0.15, 0.2) is 52.0 Å². The van der Waals surface area contributed by atoms with Crippen molar-refractivity contribution in [1.82, 2.24) is 0 Å². The molecule has 3 aromatic rings. The Balaban J connectivity index is 1.55. The fourth-order valence-electron chi connectivity index (χ4n) is 4.00. The first-order valence-corrected chi connectivity index (χ1v) is 11.1. The summed E-state index contributed by atoms with van der Waals surface area (Å²) in [4.78, 5) is 24.0. The molecule has 0 atom stereocenters. The smallest absolute Gasteiger partial charge is 0.277 e. The zero-order valence-electron chi connectivity index (χ0n) is 19.1. The Morgan fingerprint density at radius 3 is 2.62 bits per heavy atom. The average Bonchev–Trinajstić information content (AvgIpc) is 3.20. The van der Waals surface area contributed by atoms with Crippen LogP contribution in [0.1, 0.15) is 47.0 Å². The van der Waals surface area contributed by atoms with Crippen molar-refractivity contribution in [2.24, 2.45) is 5.10 Å². The number of anilines is 2. The van der Waals surface area contributed by atoms with E-state index in [9.17, 15) is 14.7 Å². The van der Waals surface area contributed by atoms with Crippen LogP contribution in [0.4, 0.5) is 11.4 Å². The van der Waals surface area contributed by atoms with E-state index in [2.05, 4.69) is 15.8 Å². The largest absolute Gasteiger partial charge is 0.505 e. The number of hydrazone groups is 1. The molecule has 0 spiro atoms. The van der Waals surface area contributed by atoms with E-state index >= 15 is 0 Å². The Morgan fingerprint density at radius 1 is 1.15 bits per heavy atom. The third-order valence-corrected chi connectivity index (χ3v) is 5.85. The summed E-state index contributed by atoms with van der Waals surface area (Å²) in [7, 11) is 0. The summed E-state index contributed by atoms with van der Waals surface area (Å²) in [6.07, 6.45) is 5.05. The van der Waals surface area contributed by atoms with Gasteiger partial charge in [0.05, 0.1) is 22.5 Å². The molecule has 0 saturated heterocycles. The number of benzene rings is 2. The lowest BCUT2D eigenvalue weighted by Gasteiger charge is -2.17. The SMILES string of the molecule is CC(=N)/C(=N/Nc1cccc(-c2cc(C=O)c(C)o2)c1O)C(=O)Nc1ccc2c(c1)CCCC2.